The highest BCUT2D eigenvalue weighted by molar-refractivity contribution is 5.46. The monoisotopic (exact) mass is 265 g/mol. The summed E-state index contributed by atoms with van der Waals surface area (Å²) in [5.41, 5.74) is 2.21. The van der Waals surface area contributed by atoms with Crippen LogP contribution in [0.4, 0.5) is 17.8 Å². The molecule has 0 atom stereocenters. The lowest BCUT2D eigenvalue weighted by Gasteiger charge is -2.19. The van der Waals surface area contributed by atoms with Gasteiger partial charge in [-0.15, -0.1) is 0 Å². The van der Waals surface area contributed by atoms with Crippen molar-refractivity contribution in [1.82, 2.24) is 15.0 Å². The maximum Gasteiger partial charge on any atom is 0.243 e. The molecule has 3 rings (SSSR count). The van der Waals surface area contributed by atoms with E-state index in [1.807, 2.05) is 0 Å². The fourth-order valence-electron chi connectivity index (χ4n) is 2.25. The number of aromatic nitrogens is 3. The predicted molar refractivity (Wildman–Crippen MR) is 71.8 cm³/mol. The van der Waals surface area contributed by atoms with Gasteiger partial charge in [0.15, 0.2) is 0 Å². The number of nitrogens with one attached hydrogen (secondary N) is 2. The van der Waals surface area contributed by atoms with E-state index in [1.165, 1.54) is 0 Å². The predicted octanol–water partition coefficient (Wildman–Crippen LogP) is -0.306. The van der Waals surface area contributed by atoms with Crippen molar-refractivity contribution in [1.29, 1.82) is 0 Å². The molecular formula is C11H19N7O. The quantitative estimate of drug-likeness (QED) is 0.424. The first-order valence-corrected chi connectivity index (χ1v) is 6.61. The molecule has 2 fully saturated rings. The number of nitrogens with two attached hydrogens (primary N) is 1. The Kier molecular flexibility index (Phi) is 3.11. The Labute approximate surface area is 111 Å². The highest BCUT2D eigenvalue weighted by atomic mass is 16.3. The third-order valence-electron chi connectivity index (χ3n) is 3.67. The van der Waals surface area contributed by atoms with Crippen LogP contribution in [0.2, 0.25) is 0 Å². The van der Waals surface area contributed by atoms with Gasteiger partial charge in [-0.2, -0.15) is 15.0 Å². The molecule has 8 nitrogen and oxygen atoms in total. The summed E-state index contributed by atoms with van der Waals surface area (Å²) in [7, 11) is 0. The Morgan fingerprint density at radius 1 is 1.16 bits per heavy atom. The van der Waals surface area contributed by atoms with Gasteiger partial charge in [0, 0.05) is 13.1 Å². The summed E-state index contributed by atoms with van der Waals surface area (Å²) in [4.78, 5) is 15.0. The van der Waals surface area contributed by atoms with Crippen LogP contribution in [0.25, 0.3) is 0 Å². The number of nitrogens with zero attached hydrogens (tertiary/aromatic N) is 4. The van der Waals surface area contributed by atoms with Gasteiger partial charge < -0.3 is 15.3 Å². The van der Waals surface area contributed by atoms with E-state index in [4.69, 9.17) is 5.84 Å². The van der Waals surface area contributed by atoms with Crippen molar-refractivity contribution < 1.29 is 5.11 Å². The summed E-state index contributed by atoms with van der Waals surface area (Å²) in [6, 6.07) is 0. The van der Waals surface area contributed by atoms with Gasteiger partial charge in [-0.1, -0.05) is 0 Å². The summed E-state index contributed by atoms with van der Waals surface area (Å²) < 4.78 is 0. The fraction of sp³-hybridized carbons (Fsp3) is 0.727. The molecule has 8 heteroatoms. The second-order valence-electron chi connectivity index (χ2n) is 5.18. The number of nitrogen functional groups attached to an aromatic ring is 1. The van der Waals surface area contributed by atoms with Gasteiger partial charge in [-0.3, -0.25) is 5.43 Å². The minimum absolute atomic E-state index is 0.0864. The average Bonchev–Trinajstić information content (AvgIpc) is 3.00. The van der Waals surface area contributed by atoms with Crippen LogP contribution in [0.15, 0.2) is 0 Å². The van der Waals surface area contributed by atoms with E-state index in [2.05, 4.69) is 30.6 Å². The third-order valence-corrected chi connectivity index (χ3v) is 3.67. The lowest BCUT2D eigenvalue weighted by Crippen LogP contribution is -2.29. The van der Waals surface area contributed by atoms with Gasteiger partial charge >= 0.3 is 0 Å². The molecule has 19 heavy (non-hydrogen) atoms. The zero-order valence-corrected chi connectivity index (χ0v) is 10.8. The highest BCUT2D eigenvalue weighted by Gasteiger charge is 2.43. The maximum absolute atomic E-state index is 9.34. The lowest BCUT2D eigenvalue weighted by atomic mass is 10.3. The average molecular weight is 265 g/mol. The van der Waals surface area contributed by atoms with Gasteiger partial charge in [0.1, 0.15) is 0 Å². The number of anilines is 3. The van der Waals surface area contributed by atoms with Crippen molar-refractivity contribution in [3.05, 3.63) is 0 Å². The third kappa shape index (κ3) is 2.54. The number of aliphatic hydroxyl groups excluding tert-OH is 1. The molecule has 1 saturated heterocycles. The van der Waals surface area contributed by atoms with Gasteiger partial charge in [-0.25, -0.2) is 5.84 Å². The molecule has 2 heterocycles. The smallest absolute Gasteiger partial charge is 0.243 e. The van der Waals surface area contributed by atoms with Crippen LogP contribution < -0.4 is 21.5 Å². The Balaban J connectivity index is 1.84. The standard InChI is InChI=1S/C11H19N7O/c12-17-9-13-8(16-11(7-19)3-4-11)14-10(15-9)18-5-1-2-6-18/h19H,1-7,12H2,(H2,13,14,15,16,17). The van der Waals surface area contributed by atoms with Gasteiger partial charge in [0.25, 0.3) is 0 Å². The molecule has 0 unspecified atom stereocenters. The number of hydrogen-bond donors (Lipinski definition) is 4. The van der Waals surface area contributed by atoms with Crippen LogP contribution in [0, 0.1) is 0 Å². The first kappa shape index (κ1) is 12.4. The van der Waals surface area contributed by atoms with Crippen molar-refractivity contribution in [2.75, 3.05) is 35.3 Å². The SMILES string of the molecule is NNc1nc(NC2(CO)CC2)nc(N2CCCC2)n1. The van der Waals surface area contributed by atoms with Crippen molar-refractivity contribution in [2.24, 2.45) is 5.84 Å². The van der Waals surface area contributed by atoms with Crippen molar-refractivity contribution in [3.8, 4) is 0 Å². The zero-order chi connectivity index (χ0) is 13.3. The molecule has 104 valence electrons. The molecule has 1 aromatic heterocycles. The summed E-state index contributed by atoms with van der Waals surface area (Å²) >= 11 is 0. The summed E-state index contributed by atoms with van der Waals surface area (Å²) in [6.07, 6.45) is 4.17. The fourth-order valence-corrected chi connectivity index (χ4v) is 2.25. The van der Waals surface area contributed by atoms with E-state index < -0.39 is 0 Å². The molecule has 0 spiro atoms. The second kappa shape index (κ2) is 4.78. The molecule has 1 aliphatic heterocycles. The van der Waals surface area contributed by atoms with E-state index in [0.717, 1.165) is 38.8 Å². The number of aliphatic hydroxyl groups is 1. The zero-order valence-electron chi connectivity index (χ0n) is 10.8. The molecule has 0 aromatic carbocycles. The highest BCUT2D eigenvalue weighted by Crippen LogP contribution is 2.37. The Bertz CT molecular complexity index is 456. The van der Waals surface area contributed by atoms with Gasteiger partial charge in [0.2, 0.25) is 17.8 Å². The minimum atomic E-state index is -0.254. The summed E-state index contributed by atoms with van der Waals surface area (Å²) in [6.45, 7) is 2.00. The minimum Gasteiger partial charge on any atom is -0.394 e. The van der Waals surface area contributed by atoms with Crippen molar-refractivity contribution in [2.45, 2.75) is 31.2 Å². The number of hydrogen-bond acceptors (Lipinski definition) is 8. The van der Waals surface area contributed by atoms with E-state index in [-0.39, 0.29) is 12.1 Å². The summed E-state index contributed by atoms with van der Waals surface area (Å²) in [5.74, 6) is 6.85. The van der Waals surface area contributed by atoms with E-state index in [9.17, 15) is 5.11 Å². The van der Waals surface area contributed by atoms with Crippen LogP contribution >= 0.6 is 0 Å². The first-order valence-electron chi connectivity index (χ1n) is 6.61. The molecule has 0 bridgehead atoms. The Morgan fingerprint density at radius 2 is 1.84 bits per heavy atom. The van der Waals surface area contributed by atoms with E-state index in [1.54, 1.807) is 0 Å². The van der Waals surface area contributed by atoms with E-state index in [0.29, 0.717) is 17.8 Å². The number of rotatable bonds is 5. The summed E-state index contributed by atoms with van der Waals surface area (Å²) in [5, 5.41) is 12.5. The molecule has 5 N–H and O–H groups in total. The normalized spacial score (nSPS) is 20.4. The molecular weight excluding hydrogens is 246 g/mol. The van der Waals surface area contributed by atoms with Crippen LogP contribution in [-0.2, 0) is 0 Å². The largest absolute Gasteiger partial charge is 0.394 e. The first-order chi connectivity index (χ1) is 9.24. The maximum atomic E-state index is 9.34. The molecule has 1 saturated carbocycles. The topological polar surface area (TPSA) is 112 Å². The molecule has 2 aliphatic rings. The van der Waals surface area contributed by atoms with Crippen LogP contribution in [0.3, 0.4) is 0 Å². The van der Waals surface area contributed by atoms with Gasteiger partial charge in [-0.05, 0) is 25.7 Å². The Morgan fingerprint density at radius 3 is 2.42 bits per heavy atom. The van der Waals surface area contributed by atoms with Crippen LogP contribution in [-0.4, -0.2) is 45.3 Å². The Hall–Kier alpha value is -1.67. The van der Waals surface area contributed by atoms with E-state index >= 15 is 0 Å². The van der Waals surface area contributed by atoms with Gasteiger partial charge in [0.05, 0.1) is 12.1 Å². The number of hydrazine groups is 1. The van der Waals surface area contributed by atoms with Crippen molar-refractivity contribution >= 4 is 17.8 Å². The van der Waals surface area contributed by atoms with Crippen LogP contribution in [0.1, 0.15) is 25.7 Å². The molecule has 1 aliphatic carbocycles. The van der Waals surface area contributed by atoms with Crippen LogP contribution in [0.5, 0.6) is 0 Å². The van der Waals surface area contributed by atoms with Crippen molar-refractivity contribution in [3.63, 3.8) is 0 Å². The molecule has 0 amide bonds. The molecule has 1 aromatic rings. The lowest BCUT2D eigenvalue weighted by molar-refractivity contribution is 0.265. The molecule has 0 radical (unpaired) electrons. The second-order valence-corrected chi connectivity index (χ2v) is 5.18.